The number of thiophene rings is 1. The van der Waals surface area contributed by atoms with Gasteiger partial charge in [0.25, 0.3) is 0 Å². The zero-order valence-electron chi connectivity index (χ0n) is 16.1. The quantitative estimate of drug-likeness (QED) is 0.914. The van der Waals surface area contributed by atoms with Crippen molar-refractivity contribution in [1.29, 1.82) is 0 Å². The van der Waals surface area contributed by atoms with E-state index in [1.54, 1.807) is 21.7 Å². The number of hydrogen-bond acceptors (Lipinski definition) is 4. The molecule has 0 amide bonds. The van der Waals surface area contributed by atoms with Crippen LogP contribution in [0.1, 0.15) is 44.1 Å². The summed E-state index contributed by atoms with van der Waals surface area (Å²) in [6.45, 7) is 11.8. The van der Waals surface area contributed by atoms with Crippen molar-refractivity contribution in [2.45, 2.75) is 46.5 Å². The van der Waals surface area contributed by atoms with Gasteiger partial charge in [0, 0.05) is 4.88 Å². The van der Waals surface area contributed by atoms with E-state index in [1.807, 2.05) is 11.3 Å². The minimum Gasteiger partial charge on any atom is -0.345 e. The molecule has 1 N–H and O–H groups in total. The summed E-state index contributed by atoms with van der Waals surface area (Å²) in [5, 5.41) is 1.37. The highest BCUT2D eigenvalue weighted by Crippen LogP contribution is 2.45. The molecule has 0 radical (unpaired) electrons. The van der Waals surface area contributed by atoms with Gasteiger partial charge in [0.1, 0.15) is 17.0 Å². The largest absolute Gasteiger partial charge is 0.345 e. The lowest BCUT2D eigenvalue weighted by molar-refractivity contribution is -0.880. The molecule has 1 saturated heterocycles. The highest BCUT2D eigenvalue weighted by molar-refractivity contribution is 7.19. The van der Waals surface area contributed by atoms with Gasteiger partial charge in [0.05, 0.1) is 38.6 Å². The van der Waals surface area contributed by atoms with Crippen molar-refractivity contribution in [2.24, 2.45) is 11.3 Å². The first-order chi connectivity index (χ1) is 12.0. The van der Waals surface area contributed by atoms with Gasteiger partial charge in [-0.2, -0.15) is 0 Å². The van der Waals surface area contributed by atoms with Gasteiger partial charge < -0.3 is 9.80 Å². The first kappa shape index (κ1) is 17.2. The van der Waals surface area contributed by atoms with Gasteiger partial charge in [0.2, 0.25) is 0 Å². The summed E-state index contributed by atoms with van der Waals surface area (Å²) in [6, 6.07) is 0. The third-order valence-corrected chi connectivity index (χ3v) is 7.95. The lowest BCUT2D eigenvalue weighted by Gasteiger charge is -2.36. The maximum absolute atomic E-state index is 4.76. The number of rotatable bonds is 3. The standard InChI is InChI=1S/C20H30N4S/c1-5-20(2,3)14-6-7-16-15(12-14)17-18(21-13-22-19(17)25-16)24-10-8-23(4)9-11-24/h13-14H,5-12H2,1-4H3/p+1. The number of fused-ring (bicyclic) bond motifs is 3. The van der Waals surface area contributed by atoms with E-state index < -0.39 is 0 Å². The van der Waals surface area contributed by atoms with Gasteiger partial charge in [-0.05, 0) is 36.2 Å². The van der Waals surface area contributed by atoms with Crippen molar-refractivity contribution in [3.8, 4) is 0 Å². The number of nitrogens with zero attached hydrogens (tertiary/aromatic N) is 3. The van der Waals surface area contributed by atoms with E-state index in [9.17, 15) is 0 Å². The number of likely N-dealkylation sites (N-methyl/N-ethyl adjacent to an activating group) is 1. The van der Waals surface area contributed by atoms with E-state index in [2.05, 4.69) is 37.7 Å². The molecular formula is C20H31N4S+. The summed E-state index contributed by atoms with van der Waals surface area (Å²) in [5.41, 5.74) is 1.98. The number of piperazine rings is 1. The molecule has 1 fully saturated rings. The van der Waals surface area contributed by atoms with Crippen LogP contribution in [-0.2, 0) is 12.8 Å². The predicted octanol–water partition coefficient (Wildman–Crippen LogP) is 2.57. The molecule has 1 atom stereocenters. The molecule has 0 saturated carbocycles. The SMILES string of the molecule is CCC(C)(C)C1CCc2sc3ncnc(N4CC[NH+](C)CC4)c3c2C1. The van der Waals surface area contributed by atoms with Gasteiger partial charge >= 0.3 is 0 Å². The van der Waals surface area contributed by atoms with E-state index in [4.69, 9.17) is 4.98 Å². The molecule has 25 heavy (non-hydrogen) atoms. The van der Waals surface area contributed by atoms with Gasteiger partial charge in [-0.3, -0.25) is 0 Å². The van der Waals surface area contributed by atoms with Crippen LogP contribution in [0.25, 0.3) is 10.2 Å². The van der Waals surface area contributed by atoms with Crippen LogP contribution in [0.15, 0.2) is 6.33 Å². The predicted molar refractivity (Wildman–Crippen MR) is 106 cm³/mol. The van der Waals surface area contributed by atoms with Crippen LogP contribution in [0.5, 0.6) is 0 Å². The summed E-state index contributed by atoms with van der Waals surface area (Å²) in [5.74, 6) is 1.97. The fourth-order valence-corrected chi connectivity index (χ4v) is 5.57. The molecular weight excluding hydrogens is 328 g/mol. The van der Waals surface area contributed by atoms with E-state index >= 15 is 0 Å². The molecule has 5 heteroatoms. The summed E-state index contributed by atoms with van der Waals surface area (Å²) in [4.78, 5) is 16.3. The smallest absolute Gasteiger partial charge is 0.141 e. The Morgan fingerprint density at radius 3 is 2.76 bits per heavy atom. The molecule has 0 aromatic carbocycles. The van der Waals surface area contributed by atoms with E-state index in [1.165, 1.54) is 54.8 Å². The van der Waals surface area contributed by atoms with Crippen molar-refractivity contribution in [2.75, 3.05) is 38.1 Å². The molecule has 1 aliphatic heterocycles. The summed E-state index contributed by atoms with van der Waals surface area (Å²) < 4.78 is 0. The van der Waals surface area contributed by atoms with Gasteiger partial charge in [-0.15, -0.1) is 11.3 Å². The third-order valence-electron chi connectivity index (χ3n) is 6.75. The number of hydrogen-bond donors (Lipinski definition) is 1. The Balaban J connectivity index is 1.74. The van der Waals surface area contributed by atoms with Crippen LogP contribution in [0, 0.1) is 11.3 Å². The van der Waals surface area contributed by atoms with Crippen LogP contribution >= 0.6 is 11.3 Å². The summed E-state index contributed by atoms with van der Waals surface area (Å²) >= 11 is 1.92. The molecule has 3 heterocycles. The molecule has 4 nitrogen and oxygen atoms in total. The number of nitrogens with one attached hydrogen (secondary N) is 1. The second kappa shape index (κ2) is 6.51. The van der Waals surface area contributed by atoms with Crippen LogP contribution in [0.3, 0.4) is 0 Å². The van der Waals surface area contributed by atoms with Crippen LogP contribution < -0.4 is 9.80 Å². The number of anilines is 1. The Bertz CT molecular complexity index is 758. The zero-order valence-corrected chi connectivity index (χ0v) is 16.9. The van der Waals surface area contributed by atoms with Gasteiger partial charge in [-0.1, -0.05) is 27.2 Å². The molecule has 0 spiro atoms. The van der Waals surface area contributed by atoms with E-state index in [0.717, 1.165) is 19.0 Å². The minimum absolute atomic E-state index is 0.416. The van der Waals surface area contributed by atoms with Crippen molar-refractivity contribution in [1.82, 2.24) is 9.97 Å². The number of quaternary nitrogens is 1. The third kappa shape index (κ3) is 3.06. The Hall–Kier alpha value is -1.20. The van der Waals surface area contributed by atoms with Crippen LogP contribution in [-0.4, -0.2) is 43.2 Å². The number of aryl methyl sites for hydroxylation is 1. The minimum atomic E-state index is 0.416. The van der Waals surface area contributed by atoms with Crippen molar-refractivity contribution in [3.63, 3.8) is 0 Å². The summed E-state index contributed by atoms with van der Waals surface area (Å²) in [6.07, 6.45) is 6.77. The molecule has 2 aromatic heterocycles. The molecule has 2 aromatic rings. The molecule has 2 aliphatic rings. The van der Waals surface area contributed by atoms with Crippen molar-refractivity contribution < 1.29 is 4.90 Å². The van der Waals surface area contributed by atoms with Gasteiger partial charge in [-0.25, -0.2) is 9.97 Å². The highest BCUT2D eigenvalue weighted by Gasteiger charge is 2.34. The van der Waals surface area contributed by atoms with Crippen molar-refractivity contribution >= 4 is 27.4 Å². The Morgan fingerprint density at radius 2 is 2.04 bits per heavy atom. The van der Waals surface area contributed by atoms with Crippen LogP contribution in [0.4, 0.5) is 5.82 Å². The fourth-order valence-electron chi connectivity index (χ4n) is 4.39. The Morgan fingerprint density at radius 1 is 1.28 bits per heavy atom. The highest BCUT2D eigenvalue weighted by atomic mass is 32.1. The van der Waals surface area contributed by atoms with E-state index in [-0.39, 0.29) is 0 Å². The normalized spacial score (nSPS) is 22.4. The maximum Gasteiger partial charge on any atom is 0.141 e. The Labute approximate surface area is 155 Å². The van der Waals surface area contributed by atoms with Gasteiger partial charge in [0.15, 0.2) is 0 Å². The topological polar surface area (TPSA) is 33.5 Å². The lowest BCUT2D eigenvalue weighted by atomic mass is 9.69. The molecule has 136 valence electrons. The first-order valence-electron chi connectivity index (χ1n) is 9.81. The molecule has 4 rings (SSSR count). The van der Waals surface area contributed by atoms with Crippen LogP contribution in [0.2, 0.25) is 0 Å². The first-order valence-corrected chi connectivity index (χ1v) is 10.6. The van der Waals surface area contributed by atoms with Crippen molar-refractivity contribution in [3.05, 3.63) is 16.8 Å². The second-order valence-corrected chi connectivity index (χ2v) is 9.69. The zero-order chi connectivity index (χ0) is 17.6. The second-order valence-electron chi connectivity index (χ2n) is 8.61. The average molecular weight is 360 g/mol. The summed E-state index contributed by atoms with van der Waals surface area (Å²) in [7, 11) is 2.29. The maximum atomic E-state index is 4.76. The number of aromatic nitrogens is 2. The molecule has 1 aliphatic carbocycles. The average Bonchev–Trinajstić information content (AvgIpc) is 3.00. The van der Waals surface area contributed by atoms with E-state index in [0.29, 0.717) is 5.41 Å². The fraction of sp³-hybridized carbons (Fsp3) is 0.700. The molecule has 1 unspecified atom stereocenters. The lowest BCUT2D eigenvalue weighted by Crippen LogP contribution is -3.12. The Kier molecular flexibility index (Phi) is 4.49. The monoisotopic (exact) mass is 359 g/mol. The molecule has 0 bridgehead atoms.